The molecule has 0 fully saturated rings. The number of fused-ring (bicyclic) bond motifs is 1. The lowest BCUT2D eigenvalue weighted by molar-refractivity contribution is 0.234. The van der Waals surface area contributed by atoms with Crippen LogP contribution in [0.4, 0.5) is 0 Å². The van der Waals surface area contributed by atoms with Crippen molar-refractivity contribution in [3.05, 3.63) is 37.1 Å². The number of nitrogens with zero attached hydrogens (tertiary/aromatic N) is 4. The van der Waals surface area contributed by atoms with Crippen molar-refractivity contribution in [3.8, 4) is 22.9 Å². The summed E-state index contributed by atoms with van der Waals surface area (Å²) in [6.07, 6.45) is 8.26. The van der Waals surface area contributed by atoms with Gasteiger partial charge < -0.3 is 9.84 Å². The van der Waals surface area contributed by atoms with Crippen LogP contribution in [0.15, 0.2) is 37.1 Å². The average Bonchev–Trinajstić information content (AvgIpc) is 2.83. The first-order valence-electron chi connectivity index (χ1n) is 6.28. The van der Waals surface area contributed by atoms with Crippen LogP contribution in [0.3, 0.4) is 0 Å². The van der Waals surface area contributed by atoms with Crippen molar-refractivity contribution in [1.29, 1.82) is 0 Å². The van der Waals surface area contributed by atoms with Crippen molar-refractivity contribution < 1.29 is 9.84 Å². The lowest BCUT2D eigenvalue weighted by Crippen LogP contribution is -2.08. The Labute approximate surface area is 115 Å². The summed E-state index contributed by atoms with van der Waals surface area (Å²) in [6.45, 7) is 3.88. The molecule has 0 saturated carbocycles. The summed E-state index contributed by atoms with van der Waals surface area (Å²) >= 11 is 0. The van der Waals surface area contributed by atoms with Gasteiger partial charge in [-0.05, 0) is 19.9 Å². The molecule has 3 aromatic rings. The Morgan fingerprint density at radius 1 is 1.20 bits per heavy atom. The molecule has 0 aromatic carbocycles. The number of pyridine rings is 1. The Bertz CT molecular complexity index is 752. The molecule has 0 spiro atoms. The number of aromatic nitrogens is 4. The van der Waals surface area contributed by atoms with Crippen molar-refractivity contribution in [3.63, 3.8) is 0 Å². The topological polar surface area (TPSA) is 72.5 Å². The molecule has 3 heterocycles. The van der Waals surface area contributed by atoms with E-state index in [4.69, 9.17) is 4.74 Å². The Balaban J connectivity index is 2.15. The van der Waals surface area contributed by atoms with Gasteiger partial charge in [0.05, 0.1) is 24.2 Å². The molecule has 0 bridgehead atoms. The van der Waals surface area contributed by atoms with Gasteiger partial charge in [-0.2, -0.15) is 0 Å². The second-order valence-corrected chi connectivity index (χ2v) is 4.67. The molecule has 0 unspecified atom stereocenters. The number of imidazole rings is 1. The quantitative estimate of drug-likeness (QED) is 0.790. The average molecular weight is 270 g/mol. The van der Waals surface area contributed by atoms with Gasteiger partial charge in [0.2, 0.25) is 5.65 Å². The molecule has 3 aromatic heterocycles. The van der Waals surface area contributed by atoms with Crippen molar-refractivity contribution in [2.24, 2.45) is 0 Å². The van der Waals surface area contributed by atoms with Crippen LogP contribution in [0.25, 0.3) is 16.9 Å². The van der Waals surface area contributed by atoms with E-state index >= 15 is 0 Å². The smallest absolute Gasteiger partial charge is 0.258 e. The zero-order chi connectivity index (χ0) is 14.1. The van der Waals surface area contributed by atoms with Crippen LogP contribution in [0.1, 0.15) is 13.8 Å². The summed E-state index contributed by atoms with van der Waals surface area (Å²) in [6, 6.07) is 1.64. The molecule has 20 heavy (non-hydrogen) atoms. The van der Waals surface area contributed by atoms with Gasteiger partial charge in [0.25, 0.3) is 5.88 Å². The van der Waals surface area contributed by atoms with E-state index in [0.29, 0.717) is 11.5 Å². The van der Waals surface area contributed by atoms with E-state index in [2.05, 4.69) is 15.0 Å². The minimum absolute atomic E-state index is 0.0243. The van der Waals surface area contributed by atoms with Crippen LogP contribution < -0.4 is 4.74 Å². The summed E-state index contributed by atoms with van der Waals surface area (Å²) in [5.41, 5.74) is 2.23. The van der Waals surface area contributed by atoms with E-state index in [1.54, 1.807) is 30.9 Å². The van der Waals surface area contributed by atoms with Crippen LogP contribution in [0.5, 0.6) is 11.6 Å². The van der Waals surface area contributed by atoms with Gasteiger partial charge in [-0.15, -0.1) is 0 Å². The van der Waals surface area contributed by atoms with E-state index in [1.807, 2.05) is 18.2 Å². The summed E-state index contributed by atoms with van der Waals surface area (Å²) in [4.78, 5) is 12.5. The fourth-order valence-electron chi connectivity index (χ4n) is 1.98. The van der Waals surface area contributed by atoms with Crippen molar-refractivity contribution >= 4 is 5.65 Å². The second kappa shape index (κ2) is 4.80. The summed E-state index contributed by atoms with van der Waals surface area (Å²) in [5.74, 6) is 0.604. The number of hydrogen-bond donors (Lipinski definition) is 1. The van der Waals surface area contributed by atoms with Crippen molar-refractivity contribution in [1.82, 2.24) is 19.4 Å². The maximum Gasteiger partial charge on any atom is 0.258 e. The van der Waals surface area contributed by atoms with Gasteiger partial charge in [0.15, 0.2) is 0 Å². The molecule has 0 atom stereocenters. The van der Waals surface area contributed by atoms with Crippen LogP contribution >= 0.6 is 0 Å². The zero-order valence-electron chi connectivity index (χ0n) is 11.2. The molecule has 0 aliphatic rings. The van der Waals surface area contributed by atoms with Gasteiger partial charge in [-0.3, -0.25) is 9.38 Å². The highest BCUT2D eigenvalue weighted by Crippen LogP contribution is 2.26. The molecular formula is C14H14N4O2. The fourth-order valence-corrected chi connectivity index (χ4v) is 1.98. The van der Waals surface area contributed by atoms with Crippen molar-refractivity contribution in [2.75, 3.05) is 0 Å². The van der Waals surface area contributed by atoms with Crippen LogP contribution in [0, 0.1) is 0 Å². The first-order chi connectivity index (χ1) is 9.65. The first-order valence-corrected chi connectivity index (χ1v) is 6.28. The molecule has 0 radical (unpaired) electrons. The van der Waals surface area contributed by atoms with Crippen LogP contribution in [-0.4, -0.2) is 30.6 Å². The van der Waals surface area contributed by atoms with Gasteiger partial charge in [0, 0.05) is 24.2 Å². The molecule has 3 rings (SSSR count). The Morgan fingerprint density at radius 3 is 2.80 bits per heavy atom. The lowest BCUT2D eigenvalue weighted by Gasteiger charge is -2.09. The molecule has 6 nitrogen and oxygen atoms in total. The minimum Gasteiger partial charge on any atom is -0.506 e. The third-order valence-electron chi connectivity index (χ3n) is 2.76. The van der Waals surface area contributed by atoms with E-state index in [1.165, 1.54) is 6.20 Å². The third-order valence-corrected chi connectivity index (χ3v) is 2.76. The Morgan fingerprint density at radius 2 is 2.05 bits per heavy atom. The SMILES string of the molecule is CC(C)Oc1nccn2c(-c3cncc(O)c3)cnc12. The van der Waals surface area contributed by atoms with Gasteiger partial charge in [0.1, 0.15) is 5.75 Å². The molecule has 102 valence electrons. The van der Waals surface area contributed by atoms with Crippen LogP contribution in [0.2, 0.25) is 0 Å². The third kappa shape index (κ3) is 2.16. The Kier molecular flexibility index (Phi) is 2.98. The normalized spacial score (nSPS) is 11.2. The lowest BCUT2D eigenvalue weighted by atomic mass is 10.2. The van der Waals surface area contributed by atoms with E-state index in [0.717, 1.165) is 11.3 Å². The van der Waals surface area contributed by atoms with E-state index < -0.39 is 0 Å². The molecular weight excluding hydrogens is 256 g/mol. The monoisotopic (exact) mass is 270 g/mol. The van der Waals surface area contributed by atoms with Gasteiger partial charge >= 0.3 is 0 Å². The maximum absolute atomic E-state index is 9.53. The fraction of sp³-hybridized carbons (Fsp3) is 0.214. The maximum atomic E-state index is 9.53. The standard InChI is InChI=1S/C14H14N4O2/c1-9(2)20-14-13-17-8-12(18(13)4-3-16-14)10-5-11(19)7-15-6-10/h3-9,19H,1-2H3. The summed E-state index contributed by atoms with van der Waals surface area (Å²) < 4.78 is 7.50. The van der Waals surface area contributed by atoms with Crippen LogP contribution in [-0.2, 0) is 0 Å². The van der Waals surface area contributed by atoms with Gasteiger partial charge in [-0.25, -0.2) is 9.97 Å². The zero-order valence-corrected chi connectivity index (χ0v) is 11.2. The highest BCUT2D eigenvalue weighted by atomic mass is 16.5. The summed E-state index contributed by atoms with van der Waals surface area (Å²) in [5, 5.41) is 9.53. The highest BCUT2D eigenvalue weighted by Gasteiger charge is 2.12. The van der Waals surface area contributed by atoms with E-state index in [9.17, 15) is 5.11 Å². The summed E-state index contributed by atoms with van der Waals surface area (Å²) in [7, 11) is 0. The number of ether oxygens (including phenoxy) is 1. The molecule has 0 saturated heterocycles. The van der Waals surface area contributed by atoms with Crippen molar-refractivity contribution in [2.45, 2.75) is 20.0 Å². The number of hydrogen-bond acceptors (Lipinski definition) is 5. The molecule has 6 heteroatoms. The number of rotatable bonds is 3. The second-order valence-electron chi connectivity index (χ2n) is 4.67. The Hall–Kier alpha value is -2.63. The molecule has 1 N–H and O–H groups in total. The molecule has 0 aliphatic carbocycles. The largest absolute Gasteiger partial charge is 0.506 e. The molecule has 0 aliphatic heterocycles. The highest BCUT2D eigenvalue weighted by molar-refractivity contribution is 5.66. The molecule has 0 amide bonds. The number of aromatic hydroxyl groups is 1. The predicted octanol–water partition coefficient (Wildman–Crippen LogP) is 2.28. The van der Waals surface area contributed by atoms with E-state index in [-0.39, 0.29) is 11.9 Å². The predicted molar refractivity (Wildman–Crippen MR) is 73.6 cm³/mol. The van der Waals surface area contributed by atoms with Gasteiger partial charge in [-0.1, -0.05) is 0 Å². The minimum atomic E-state index is 0.0243. The first kappa shape index (κ1) is 12.4.